The lowest BCUT2D eigenvalue weighted by molar-refractivity contribution is -0.136. The molecule has 0 atom stereocenters. The van der Waals surface area contributed by atoms with Crippen LogP contribution in [-0.4, -0.2) is 17.0 Å². The van der Waals surface area contributed by atoms with E-state index < -0.39 is 11.9 Å². The molecular formula is C16H13Cl2NO3. The van der Waals surface area contributed by atoms with Crippen molar-refractivity contribution in [2.45, 2.75) is 12.8 Å². The van der Waals surface area contributed by atoms with E-state index in [4.69, 9.17) is 28.3 Å². The maximum absolute atomic E-state index is 12.2. The molecule has 1 amide bonds. The molecule has 0 saturated carbocycles. The Bertz CT molecular complexity index is 679. The summed E-state index contributed by atoms with van der Waals surface area (Å²) in [6, 6.07) is 11.8. The van der Waals surface area contributed by atoms with E-state index in [1.54, 1.807) is 42.5 Å². The normalized spacial score (nSPS) is 10.3. The molecule has 2 aromatic rings. The predicted molar refractivity (Wildman–Crippen MR) is 86.8 cm³/mol. The zero-order valence-corrected chi connectivity index (χ0v) is 13.0. The molecule has 0 aliphatic heterocycles. The van der Waals surface area contributed by atoms with Gasteiger partial charge in [0.1, 0.15) is 0 Å². The maximum Gasteiger partial charge on any atom is 0.303 e. The summed E-state index contributed by atoms with van der Waals surface area (Å²) >= 11 is 12.0. The zero-order chi connectivity index (χ0) is 16.1. The van der Waals surface area contributed by atoms with E-state index in [0.717, 1.165) is 5.56 Å². The summed E-state index contributed by atoms with van der Waals surface area (Å²) < 4.78 is 0. The number of carbonyl (C=O) groups is 2. The first-order chi connectivity index (χ1) is 10.5. The number of amides is 1. The van der Waals surface area contributed by atoms with Crippen LogP contribution in [0.15, 0.2) is 42.5 Å². The molecule has 0 radical (unpaired) electrons. The van der Waals surface area contributed by atoms with Crippen molar-refractivity contribution in [3.63, 3.8) is 0 Å². The quantitative estimate of drug-likeness (QED) is 0.856. The Labute approximate surface area is 137 Å². The standard InChI is InChI=1S/C16H13Cl2NO3/c17-12-2-1-3-13(18)15(12)16(22)19-11-7-4-10(5-8-11)6-9-14(20)21/h1-5,7-8H,6,9H2,(H,19,22)(H,20,21). The van der Waals surface area contributed by atoms with Crippen molar-refractivity contribution >= 4 is 40.8 Å². The molecule has 0 saturated heterocycles. The number of carboxylic acid groups (broad SMARTS) is 1. The highest BCUT2D eigenvalue weighted by Crippen LogP contribution is 2.25. The zero-order valence-electron chi connectivity index (χ0n) is 11.5. The summed E-state index contributed by atoms with van der Waals surface area (Å²) in [5.41, 5.74) is 1.69. The molecule has 6 heteroatoms. The fourth-order valence-electron chi connectivity index (χ4n) is 1.91. The minimum Gasteiger partial charge on any atom is -0.481 e. The second kappa shape index (κ2) is 7.29. The molecular weight excluding hydrogens is 325 g/mol. The van der Waals surface area contributed by atoms with Gasteiger partial charge in [0, 0.05) is 12.1 Å². The van der Waals surface area contributed by atoms with Crippen molar-refractivity contribution in [1.82, 2.24) is 0 Å². The summed E-state index contributed by atoms with van der Waals surface area (Å²) in [5.74, 6) is -1.24. The first-order valence-corrected chi connectivity index (χ1v) is 7.29. The lowest BCUT2D eigenvalue weighted by Crippen LogP contribution is -2.13. The predicted octanol–water partition coefficient (Wildman–Crippen LogP) is 4.26. The van der Waals surface area contributed by atoms with Gasteiger partial charge in [-0.25, -0.2) is 0 Å². The van der Waals surface area contributed by atoms with Gasteiger partial charge in [-0.2, -0.15) is 0 Å². The largest absolute Gasteiger partial charge is 0.481 e. The fraction of sp³-hybridized carbons (Fsp3) is 0.125. The van der Waals surface area contributed by atoms with Gasteiger partial charge >= 0.3 is 5.97 Å². The van der Waals surface area contributed by atoms with Crippen molar-refractivity contribution in [3.05, 3.63) is 63.6 Å². The van der Waals surface area contributed by atoms with Gasteiger partial charge in [0.05, 0.1) is 15.6 Å². The fourth-order valence-corrected chi connectivity index (χ4v) is 2.48. The van der Waals surface area contributed by atoms with Gasteiger partial charge < -0.3 is 10.4 Å². The summed E-state index contributed by atoms with van der Waals surface area (Å²) in [4.78, 5) is 22.7. The van der Waals surface area contributed by atoms with Gasteiger partial charge in [0.15, 0.2) is 0 Å². The van der Waals surface area contributed by atoms with Crippen molar-refractivity contribution in [1.29, 1.82) is 0 Å². The van der Waals surface area contributed by atoms with E-state index in [1.807, 2.05) is 0 Å². The number of aliphatic carboxylic acids is 1. The van der Waals surface area contributed by atoms with Crippen LogP contribution in [0.1, 0.15) is 22.3 Å². The molecule has 0 bridgehead atoms. The second-order valence-corrected chi connectivity index (χ2v) is 5.46. The Kier molecular flexibility index (Phi) is 5.41. The molecule has 22 heavy (non-hydrogen) atoms. The maximum atomic E-state index is 12.2. The van der Waals surface area contributed by atoms with Crippen LogP contribution in [0, 0.1) is 0 Å². The van der Waals surface area contributed by atoms with Crippen molar-refractivity contribution in [2.75, 3.05) is 5.32 Å². The van der Waals surface area contributed by atoms with E-state index in [2.05, 4.69) is 5.32 Å². The molecule has 2 N–H and O–H groups in total. The third-order valence-electron chi connectivity index (χ3n) is 3.03. The molecule has 0 heterocycles. The van der Waals surface area contributed by atoms with E-state index in [9.17, 15) is 9.59 Å². The smallest absolute Gasteiger partial charge is 0.303 e. The summed E-state index contributed by atoms with van der Waals surface area (Å²) in [6.45, 7) is 0. The SMILES string of the molecule is O=C(O)CCc1ccc(NC(=O)c2c(Cl)cccc2Cl)cc1. The Hall–Kier alpha value is -2.04. The molecule has 0 fully saturated rings. The lowest BCUT2D eigenvalue weighted by atomic mass is 10.1. The van der Waals surface area contributed by atoms with Crippen LogP contribution in [-0.2, 0) is 11.2 Å². The number of carbonyl (C=O) groups excluding carboxylic acids is 1. The van der Waals surface area contributed by atoms with Crippen LogP contribution in [0.5, 0.6) is 0 Å². The van der Waals surface area contributed by atoms with Crippen LogP contribution in [0.25, 0.3) is 0 Å². The monoisotopic (exact) mass is 337 g/mol. The van der Waals surface area contributed by atoms with Crippen LogP contribution in [0.3, 0.4) is 0 Å². The molecule has 2 aromatic carbocycles. The molecule has 4 nitrogen and oxygen atoms in total. The lowest BCUT2D eigenvalue weighted by Gasteiger charge is -2.09. The van der Waals surface area contributed by atoms with Gasteiger partial charge in [0.25, 0.3) is 5.91 Å². The van der Waals surface area contributed by atoms with Crippen LogP contribution in [0.4, 0.5) is 5.69 Å². The van der Waals surface area contributed by atoms with Gasteiger partial charge in [0.2, 0.25) is 0 Å². The summed E-state index contributed by atoms with van der Waals surface area (Å²) in [6.07, 6.45) is 0.515. The molecule has 0 unspecified atom stereocenters. The average Bonchev–Trinajstić information content (AvgIpc) is 2.46. The number of benzene rings is 2. The van der Waals surface area contributed by atoms with Crippen LogP contribution in [0.2, 0.25) is 10.0 Å². The van der Waals surface area contributed by atoms with Gasteiger partial charge in [-0.05, 0) is 36.2 Å². The van der Waals surface area contributed by atoms with Crippen LogP contribution < -0.4 is 5.32 Å². The number of hydrogen-bond acceptors (Lipinski definition) is 2. The molecule has 2 rings (SSSR count). The molecule has 0 aliphatic carbocycles. The van der Waals surface area contributed by atoms with Gasteiger partial charge in [-0.1, -0.05) is 41.4 Å². The molecule has 0 spiro atoms. The Morgan fingerprint density at radius 1 is 1.00 bits per heavy atom. The minimum absolute atomic E-state index is 0.0704. The summed E-state index contributed by atoms with van der Waals surface area (Å²) in [5, 5.41) is 11.9. The molecule has 0 aromatic heterocycles. The number of anilines is 1. The minimum atomic E-state index is -0.842. The molecule has 0 aliphatic rings. The number of halogens is 2. The number of nitrogens with one attached hydrogen (secondary N) is 1. The van der Waals surface area contributed by atoms with E-state index in [-0.39, 0.29) is 22.0 Å². The van der Waals surface area contributed by atoms with Crippen molar-refractivity contribution in [3.8, 4) is 0 Å². The Balaban J connectivity index is 2.07. The van der Waals surface area contributed by atoms with Crippen LogP contribution >= 0.6 is 23.2 Å². The third-order valence-corrected chi connectivity index (χ3v) is 3.66. The molecule has 114 valence electrons. The number of aryl methyl sites for hydroxylation is 1. The van der Waals surface area contributed by atoms with Crippen molar-refractivity contribution in [2.24, 2.45) is 0 Å². The highest BCUT2D eigenvalue weighted by Gasteiger charge is 2.14. The first kappa shape index (κ1) is 16.3. The van der Waals surface area contributed by atoms with Gasteiger partial charge in [-0.3, -0.25) is 9.59 Å². The Morgan fingerprint density at radius 3 is 2.14 bits per heavy atom. The second-order valence-electron chi connectivity index (χ2n) is 4.64. The third kappa shape index (κ3) is 4.23. The van der Waals surface area contributed by atoms with Crippen molar-refractivity contribution < 1.29 is 14.7 Å². The van der Waals surface area contributed by atoms with E-state index in [1.165, 1.54) is 0 Å². The highest BCUT2D eigenvalue weighted by atomic mass is 35.5. The summed E-state index contributed by atoms with van der Waals surface area (Å²) in [7, 11) is 0. The van der Waals surface area contributed by atoms with Gasteiger partial charge in [-0.15, -0.1) is 0 Å². The topological polar surface area (TPSA) is 66.4 Å². The first-order valence-electron chi connectivity index (χ1n) is 6.53. The number of hydrogen-bond donors (Lipinski definition) is 2. The van der Waals surface area contributed by atoms with E-state index in [0.29, 0.717) is 12.1 Å². The van der Waals surface area contributed by atoms with E-state index >= 15 is 0 Å². The Morgan fingerprint density at radius 2 is 1.59 bits per heavy atom. The average molecular weight is 338 g/mol. The number of carboxylic acids is 1. The highest BCUT2D eigenvalue weighted by molar-refractivity contribution is 6.40. The number of rotatable bonds is 5.